The number of amides is 2. The van der Waals surface area contributed by atoms with Gasteiger partial charge in [-0.3, -0.25) is 0 Å². The number of nitrogens with one attached hydrogen (secondary N) is 2. The number of carbonyl (C=O) groups is 1. The van der Waals surface area contributed by atoms with E-state index in [1.165, 1.54) is 17.7 Å². The molecule has 2 aromatic rings. The molecular formula is C21H25FN2O3. The number of anilines is 1. The van der Waals surface area contributed by atoms with Crippen molar-refractivity contribution in [2.45, 2.75) is 39.2 Å². The minimum Gasteiger partial charge on any atom is -0.467 e. The van der Waals surface area contributed by atoms with E-state index in [2.05, 4.69) is 31.4 Å². The van der Waals surface area contributed by atoms with E-state index in [1.54, 1.807) is 0 Å². The summed E-state index contributed by atoms with van der Waals surface area (Å²) in [7, 11) is 0. The Balaban J connectivity index is 1.54. The predicted molar refractivity (Wildman–Crippen MR) is 103 cm³/mol. The lowest BCUT2D eigenvalue weighted by Crippen LogP contribution is -2.30. The molecule has 0 bridgehead atoms. The summed E-state index contributed by atoms with van der Waals surface area (Å²) in [6, 6.07) is 10.3. The maximum Gasteiger partial charge on any atom is 0.319 e. The van der Waals surface area contributed by atoms with Crippen molar-refractivity contribution in [2.75, 3.05) is 18.7 Å². The van der Waals surface area contributed by atoms with E-state index < -0.39 is 0 Å². The maximum atomic E-state index is 13.7. The van der Waals surface area contributed by atoms with E-state index in [9.17, 15) is 9.18 Å². The number of hydrogen-bond acceptors (Lipinski definition) is 3. The first-order valence-corrected chi connectivity index (χ1v) is 9.00. The fourth-order valence-corrected chi connectivity index (χ4v) is 2.98. The molecule has 1 aliphatic rings. The highest BCUT2D eigenvalue weighted by Crippen LogP contribution is 2.29. The van der Waals surface area contributed by atoms with Crippen molar-refractivity contribution >= 4 is 11.7 Å². The van der Waals surface area contributed by atoms with E-state index in [0.29, 0.717) is 30.9 Å². The Bertz CT molecular complexity index is 813. The first-order chi connectivity index (χ1) is 12.8. The summed E-state index contributed by atoms with van der Waals surface area (Å²) < 4.78 is 24.4. The number of benzene rings is 2. The molecule has 0 fully saturated rings. The van der Waals surface area contributed by atoms with Gasteiger partial charge in [-0.05, 0) is 47.2 Å². The van der Waals surface area contributed by atoms with Gasteiger partial charge in [0, 0.05) is 17.8 Å². The van der Waals surface area contributed by atoms with Gasteiger partial charge in [-0.2, -0.15) is 0 Å². The second-order valence-corrected chi connectivity index (χ2v) is 7.62. The highest BCUT2D eigenvalue weighted by molar-refractivity contribution is 5.89. The topological polar surface area (TPSA) is 59.6 Å². The average molecular weight is 372 g/mol. The van der Waals surface area contributed by atoms with Gasteiger partial charge >= 0.3 is 6.03 Å². The molecule has 3 rings (SSSR count). The van der Waals surface area contributed by atoms with Crippen LogP contribution in [0.3, 0.4) is 0 Å². The lowest BCUT2D eigenvalue weighted by atomic mass is 9.87. The van der Waals surface area contributed by atoms with E-state index >= 15 is 0 Å². The Morgan fingerprint density at radius 2 is 1.93 bits per heavy atom. The third kappa shape index (κ3) is 4.98. The van der Waals surface area contributed by atoms with Gasteiger partial charge in [0.1, 0.15) is 11.6 Å². The molecule has 0 radical (unpaired) electrons. The van der Waals surface area contributed by atoms with Crippen LogP contribution in [0.15, 0.2) is 36.4 Å². The van der Waals surface area contributed by atoms with Crippen LogP contribution < -0.4 is 15.4 Å². The van der Waals surface area contributed by atoms with E-state index in [-0.39, 0.29) is 24.1 Å². The van der Waals surface area contributed by atoms with Crippen LogP contribution in [-0.4, -0.2) is 19.4 Å². The number of fused-ring (bicyclic) bond motifs is 1. The summed E-state index contributed by atoms with van der Waals surface area (Å²) in [4.78, 5) is 12.1. The molecule has 6 heteroatoms. The minimum atomic E-state index is -0.332. The summed E-state index contributed by atoms with van der Waals surface area (Å²) >= 11 is 0. The van der Waals surface area contributed by atoms with Crippen molar-refractivity contribution in [3.63, 3.8) is 0 Å². The third-order valence-corrected chi connectivity index (χ3v) is 4.44. The standard InChI is InChI=1S/C21H25FN2O3/c1-21(2,3)16-4-6-18(7-5-16)24-20(25)23-9-8-14-10-17(22)11-15-12-26-13-27-19(14)15/h4-7,10-11H,8-9,12-13H2,1-3H3,(H2,23,24,25). The molecule has 0 aliphatic carbocycles. The summed E-state index contributed by atoms with van der Waals surface area (Å²) in [5.74, 6) is 0.323. The van der Waals surface area contributed by atoms with E-state index in [1.807, 2.05) is 24.3 Å². The fourth-order valence-electron chi connectivity index (χ4n) is 2.98. The lowest BCUT2D eigenvalue weighted by molar-refractivity contribution is -0.0172. The molecule has 0 aromatic heterocycles. The molecule has 2 aromatic carbocycles. The molecule has 0 unspecified atom stereocenters. The summed E-state index contributed by atoms with van der Waals surface area (Å²) in [5, 5.41) is 5.60. The molecule has 0 atom stereocenters. The third-order valence-electron chi connectivity index (χ3n) is 4.44. The molecule has 0 spiro atoms. The van der Waals surface area contributed by atoms with Crippen LogP contribution in [-0.2, 0) is 23.2 Å². The van der Waals surface area contributed by atoms with Crippen molar-refractivity contribution in [3.05, 3.63) is 58.9 Å². The molecular weight excluding hydrogens is 347 g/mol. The van der Waals surface area contributed by atoms with Crippen molar-refractivity contribution in [1.29, 1.82) is 0 Å². The highest BCUT2D eigenvalue weighted by Gasteiger charge is 2.17. The second-order valence-electron chi connectivity index (χ2n) is 7.62. The zero-order valence-electron chi connectivity index (χ0n) is 15.9. The van der Waals surface area contributed by atoms with Crippen molar-refractivity contribution in [2.24, 2.45) is 0 Å². The van der Waals surface area contributed by atoms with Gasteiger partial charge in [-0.1, -0.05) is 32.9 Å². The Morgan fingerprint density at radius 1 is 1.19 bits per heavy atom. The van der Waals surface area contributed by atoms with Gasteiger partial charge in [0.15, 0.2) is 6.79 Å². The van der Waals surface area contributed by atoms with Crippen molar-refractivity contribution < 1.29 is 18.7 Å². The Hall–Kier alpha value is -2.60. The number of carbonyl (C=O) groups excluding carboxylic acids is 1. The quantitative estimate of drug-likeness (QED) is 0.839. The van der Waals surface area contributed by atoms with Crippen molar-refractivity contribution in [3.8, 4) is 5.75 Å². The maximum absolute atomic E-state index is 13.7. The number of urea groups is 1. The number of rotatable bonds is 4. The van der Waals surface area contributed by atoms with Crippen LogP contribution in [0.25, 0.3) is 0 Å². The van der Waals surface area contributed by atoms with Gasteiger partial charge in [-0.25, -0.2) is 9.18 Å². The lowest BCUT2D eigenvalue weighted by Gasteiger charge is -2.21. The number of ether oxygens (including phenoxy) is 2. The smallest absolute Gasteiger partial charge is 0.319 e. The molecule has 1 heterocycles. The molecule has 2 N–H and O–H groups in total. The highest BCUT2D eigenvalue weighted by atomic mass is 19.1. The fraction of sp³-hybridized carbons (Fsp3) is 0.381. The first kappa shape index (κ1) is 19.2. The summed E-state index contributed by atoms with van der Waals surface area (Å²) in [6.45, 7) is 7.28. The SMILES string of the molecule is CC(C)(C)c1ccc(NC(=O)NCCc2cc(F)cc3c2OCOC3)cc1. The number of hydrogen-bond donors (Lipinski definition) is 2. The van der Waals surface area contributed by atoms with Crippen molar-refractivity contribution in [1.82, 2.24) is 5.32 Å². The first-order valence-electron chi connectivity index (χ1n) is 9.00. The van der Waals surface area contributed by atoms with Gasteiger partial charge in [0.05, 0.1) is 6.61 Å². The minimum absolute atomic E-state index is 0.0675. The molecule has 2 amide bonds. The van der Waals surface area contributed by atoms with Gasteiger partial charge in [-0.15, -0.1) is 0 Å². The second kappa shape index (κ2) is 7.96. The predicted octanol–water partition coefficient (Wildman–Crippen LogP) is 4.35. The molecule has 1 aliphatic heterocycles. The average Bonchev–Trinajstić information content (AvgIpc) is 2.61. The van der Waals surface area contributed by atoms with Crippen LogP contribution in [0.1, 0.15) is 37.5 Å². The largest absolute Gasteiger partial charge is 0.467 e. The normalized spacial score (nSPS) is 13.5. The molecule has 0 saturated carbocycles. The Kier molecular flexibility index (Phi) is 5.65. The van der Waals surface area contributed by atoms with Crippen LogP contribution in [0, 0.1) is 5.82 Å². The van der Waals surface area contributed by atoms with Crippen LogP contribution in [0.2, 0.25) is 0 Å². The van der Waals surface area contributed by atoms with Crippen LogP contribution in [0.5, 0.6) is 5.75 Å². The summed E-state index contributed by atoms with van der Waals surface area (Å²) in [5.41, 5.74) is 3.41. The molecule has 0 saturated heterocycles. The molecule has 5 nitrogen and oxygen atoms in total. The molecule has 27 heavy (non-hydrogen) atoms. The molecule has 144 valence electrons. The van der Waals surface area contributed by atoms with E-state index in [0.717, 1.165) is 11.3 Å². The Morgan fingerprint density at radius 3 is 2.63 bits per heavy atom. The monoisotopic (exact) mass is 372 g/mol. The Labute approximate surface area is 158 Å². The zero-order valence-corrected chi connectivity index (χ0v) is 15.9. The van der Waals surface area contributed by atoms with Crippen LogP contribution in [0.4, 0.5) is 14.9 Å². The van der Waals surface area contributed by atoms with Gasteiger partial charge in [0.25, 0.3) is 0 Å². The summed E-state index contributed by atoms with van der Waals surface area (Å²) in [6.07, 6.45) is 0.469. The van der Waals surface area contributed by atoms with Crippen LogP contribution >= 0.6 is 0 Å². The van der Waals surface area contributed by atoms with Gasteiger partial charge in [0.2, 0.25) is 0 Å². The van der Waals surface area contributed by atoms with Gasteiger partial charge < -0.3 is 20.1 Å². The number of halogens is 1. The zero-order chi connectivity index (χ0) is 19.4. The van der Waals surface area contributed by atoms with E-state index in [4.69, 9.17) is 9.47 Å².